The topological polar surface area (TPSA) is 94.1 Å². The third-order valence-corrected chi connectivity index (χ3v) is 4.33. The molecule has 0 spiro atoms. The van der Waals surface area contributed by atoms with Gasteiger partial charge in [-0.25, -0.2) is 4.79 Å². The average molecular weight is 337 g/mol. The predicted octanol–water partition coefficient (Wildman–Crippen LogP) is 1.77. The molecule has 0 saturated heterocycles. The monoisotopic (exact) mass is 337 g/mol. The Kier molecular flexibility index (Phi) is 5.54. The zero-order valence-electron chi connectivity index (χ0n) is 14.2. The Balaban J connectivity index is 2.18. The number of benzene rings is 1. The summed E-state index contributed by atoms with van der Waals surface area (Å²) in [4.78, 5) is 23.9. The van der Waals surface area contributed by atoms with Gasteiger partial charge in [0.1, 0.15) is 5.54 Å². The van der Waals surface area contributed by atoms with E-state index in [1.54, 1.807) is 12.1 Å². The van der Waals surface area contributed by atoms with Crippen molar-refractivity contribution < 1.29 is 28.9 Å². The summed E-state index contributed by atoms with van der Waals surface area (Å²) in [5.74, 6) is 0.0377. The van der Waals surface area contributed by atoms with Gasteiger partial charge in [-0.05, 0) is 30.5 Å². The molecule has 1 aromatic carbocycles. The number of carbonyl (C=O) groups excluding carboxylic acids is 1. The summed E-state index contributed by atoms with van der Waals surface area (Å²) in [5.41, 5.74) is -0.488. The van der Waals surface area contributed by atoms with E-state index in [9.17, 15) is 14.7 Å². The highest BCUT2D eigenvalue weighted by atomic mass is 16.5. The lowest BCUT2D eigenvalue weighted by Crippen LogP contribution is -2.52. The maximum Gasteiger partial charge on any atom is 0.329 e. The van der Waals surface area contributed by atoms with E-state index in [2.05, 4.69) is 5.32 Å². The third-order valence-electron chi connectivity index (χ3n) is 4.33. The van der Waals surface area contributed by atoms with Gasteiger partial charge in [-0.15, -0.1) is 0 Å². The lowest BCUT2D eigenvalue weighted by molar-refractivity contribution is -0.147. The third kappa shape index (κ3) is 3.55. The standard InChI is InChI=1S/C17H23NO6/c1-22-12-8-11(9-13(23-2)15(12)24-3)10-14(19)18-17(16(20)21)6-4-5-7-17/h8-9H,4-7,10H2,1-3H3,(H,18,19)(H,20,21). The molecule has 2 rings (SSSR count). The first-order valence-corrected chi connectivity index (χ1v) is 7.79. The number of carbonyl (C=O) groups is 2. The zero-order chi connectivity index (χ0) is 17.7. The SMILES string of the molecule is COc1cc(CC(=O)NC2(C(=O)O)CCCC2)cc(OC)c1OC. The molecule has 1 saturated carbocycles. The largest absolute Gasteiger partial charge is 0.493 e. The first-order valence-electron chi connectivity index (χ1n) is 7.79. The Morgan fingerprint density at radius 3 is 2.04 bits per heavy atom. The molecule has 1 aromatic rings. The van der Waals surface area contributed by atoms with Gasteiger partial charge in [0.05, 0.1) is 27.8 Å². The van der Waals surface area contributed by atoms with Crippen molar-refractivity contribution in [3.05, 3.63) is 17.7 Å². The van der Waals surface area contributed by atoms with Crippen LogP contribution < -0.4 is 19.5 Å². The molecule has 0 unspecified atom stereocenters. The molecule has 7 nitrogen and oxygen atoms in total. The Bertz CT molecular complexity index is 597. The van der Waals surface area contributed by atoms with Crippen LogP contribution in [0.3, 0.4) is 0 Å². The summed E-state index contributed by atoms with van der Waals surface area (Å²) in [6.45, 7) is 0. The fraction of sp³-hybridized carbons (Fsp3) is 0.529. The van der Waals surface area contributed by atoms with Crippen LogP contribution in [0.25, 0.3) is 0 Å². The van der Waals surface area contributed by atoms with Gasteiger partial charge >= 0.3 is 5.97 Å². The van der Waals surface area contributed by atoms with Crippen LogP contribution in [0.2, 0.25) is 0 Å². The number of carboxylic acids is 1. The Hall–Kier alpha value is -2.44. The van der Waals surface area contributed by atoms with E-state index in [-0.39, 0.29) is 12.3 Å². The van der Waals surface area contributed by atoms with Gasteiger partial charge in [-0.3, -0.25) is 4.79 Å². The smallest absolute Gasteiger partial charge is 0.329 e. The molecule has 0 aliphatic heterocycles. The van der Waals surface area contributed by atoms with Crippen molar-refractivity contribution in [2.24, 2.45) is 0 Å². The summed E-state index contributed by atoms with van der Waals surface area (Å²) in [7, 11) is 4.50. The summed E-state index contributed by atoms with van der Waals surface area (Å²) < 4.78 is 15.8. The number of ether oxygens (including phenoxy) is 3. The molecule has 1 fully saturated rings. The number of hydrogen-bond acceptors (Lipinski definition) is 5. The molecular formula is C17H23NO6. The molecule has 1 amide bonds. The summed E-state index contributed by atoms with van der Waals surface area (Å²) in [5, 5.41) is 12.1. The summed E-state index contributed by atoms with van der Waals surface area (Å²) >= 11 is 0. The minimum absolute atomic E-state index is 0.0335. The number of amides is 1. The van der Waals surface area contributed by atoms with E-state index in [0.717, 1.165) is 12.8 Å². The van der Waals surface area contributed by atoms with Gasteiger partial charge in [0.2, 0.25) is 11.7 Å². The molecule has 0 aromatic heterocycles. The average Bonchev–Trinajstić information content (AvgIpc) is 3.03. The molecule has 0 heterocycles. The molecule has 0 bridgehead atoms. The van der Waals surface area contributed by atoms with Crippen LogP contribution in [-0.4, -0.2) is 43.9 Å². The fourth-order valence-corrected chi connectivity index (χ4v) is 3.10. The van der Waals surface area contributed by atoms with Crippen LogP contribution in [0, 0.1) is 0 Å². The van der Waals surface area contributed by atoms with Gasteiger partial charge in [0, 0.05) is 0 Å². The van der Waals surface area contributed by atoms with E-state index in [0.29, 0.717) is 35.7 Å². The maximum absolute atomic E-state index is 12.3. The number of hydrogen-bond donors (Lipinski definition) is 2. The van der Waals surface area contributed by atoms with E-state index in [1.165, 1.54) is 21.3 Å². The highest BCUT2D eigenvalue weighted by Gasteiger charge is 2.42. The highest BCUT2D eigenvalue weighted by Crippen LogP contribution is 2.38. The number of aliphatic carboxylic acids is 1. The van der Waals surface area contributed by atoms with Crippen molar-refractivity contribution in [1.82, 2.24) is 5.32 Å². The van der Waals surface area contributed by atoms with E-state index < -0.39 is 11.5 Å². The maximum atomic E-state index is 12.3. The van der Waals surface area contributed by atoms with E-state index in [1.807, 2.05) is 0 Å². The molecule has 24 heavy (non-hydrogen) atoms. The molecule has 2 N–H and O–H groups in total. The lowest BCUT2D eigenvalue weighted by Gasteiger charge is -2.25. The second-order valence-electron chi connectivity index (χ2n) is 5.85. The second-order valence-corrected chi connectivity index (χ2v) is 5.85. The number of methoxy groups -OCH3 is 3. The first-order chi connectivity index (χ1) is 11.5. The van der Waals surface area contributed by atoms with Crippen molar-refractivity contribution in [3.8, 4) is 17.2 Å². The number of rotatable bonds is 7. The first kappa shape index (κ1) is 17.9. The van der Waals surface area contributed by atoms with Gasteiger partial charge in [0.25, 0.3) is 0 Å². The van der Waals surface area contributed by atoms with Crippen molar-refractivity contribution in [3.63, 3.8) is 0 Å². The molecule has 1 aliphatic carbocycles. The summed E-state index contributed by atoms with van der Waals surface area (Å²) in [6, 6.07) is 3.37. The minimum atomic E-state index is -1.14. The van der Waals surface area contributed by atoms with E-state index >= 15 is 0 Å². The van der Waals surface area contributed by atoms with Crippen molar-refractivity contribution in [1.29, 1.82) is 0 Å². The lowest BCUT2D eigenvalue weighted by atomic mass is 9.97. The molecule has 7 heteroatoms. The molecule has 132 valence electrons. The van der Waals surface area contributed by atoms with Crippen LogP contribution >= 0.6 is 0 Å². The molecule has 0 radical (unpaired) electrons. The molecular weight excluding hydrogens is 314 g/mol. The normalized spacial score (nSPS) is 15.6. The van der Waals surface area contributed by atoms with Crippen LogP contribution in [0.1, 0.15) is 31.2 Å². The van der Waals surface area contributed by atoms with Crippen LogP contribution in [0.4, 0.5) is 0 Å². The van der Waals surface area contributed by atoms with Crippen LogP contribution in [0.5, 0.6) is 17.2 Å². The number of nitrogens with one attached hydrogen (secondary N) is 1. The Morgan fingerprint density at radius 2 is 1.62 bits per heavy atom. The minimum Gasteiger partial charge on any atom is -0.493 e. The van der Waals surface area contributed by atoms with Crippen molar-refractivity contribution in [2.45, 2.75) is 37.6 Å². The van der Waals surface area contributed by atoms with Gasteiger partial charge < -0.3 is 24.6 Å². The van der Waals surface area contributed by atoms with Crippen molar-refractivity contribution in [2.75, 3.05) is 21.3 Å². The fourth-order valence-electron chi connectivity index (χ4n) is 3.10. The van der Waals surface area contributed by atoms with Crippen LogP contribution in [0.15, 0.2) is 12.1 Å². The highest BCUT2D eigenvalue weighted by molar-refractivity contribution is 5.88. The van der Waals surface area contributed by atoms with E-state index in [4.69, 9.17) is 14.2 Å². The van der Waals surface area contributed by atoms with Gasteiger partial charge in [0.15, 0.2) is 11.5 Å². The molecule has 1 aliphatic rings. The Labute approximate surface area is 140 Å². The Morgan fingerprint density at radius 1 is 1.08 bits per heavy atom. The number of carboxylic acid groups (broad SMARTS) is 1. The van der Waals surface area contributed by atoms with Gasteiger partial charge in [-0.2, -0.15) is 0 Å². The quantitative estimate of drug-likeness (QED) is 0.787. The second kappa shape index (κ2) is 7.42. The predicted molar refractivity (Wildman–Crippen MR) is 86.8 cm³/mol. The van der Waals surface area contributed by atoms with Gasteiger partial charge in [-0.1, -0.05) is 12.8 Å². The van der Waals surface area contributed by atoms with Crippen molar-refractivity contribution >= 4 is 11.9 Å². The summed E-state index contributed by atoms with van der Waals surface area (Å²) in [6.07, 6.45) is 2.56. The zero-order valence-corrected chi connectivity index (χ0v) is 14.2. The molecule has 0 atom stereocenters. The van der Waals surface area contributed by atoms with Crippen LogP contribution in [-0.2, 0) is 16.0 Å².